The highest BCUT2D eigenvalue weighted by atomic mass is 35.5. The van der Waals surface area contributed by atoms with Crippen molar-refractivity contribution in [2.75, 3.05) is 38.2 Å². The van der Waals surface area contributed by atoms with Crippen LogP contribution in [0.3, 0.4) is 0 Å². The van der Waals surface area contributed by atoms with Crippen molar-refractivity contribution in [2.45, 2.75) is 6.61 Å². The summed E-state index contributed by atoms with van der Waals surface area (Å²) in [5.74, 6) is 1.76. The Morgan fingerprint density at radius 3 is 2.44 bits per heavy atom. The van der Waals surface area contributed by atoms with Crippen LogP contribution in [0.1, 0.15) is 15.9 Å². The average Bonchev–Trinajstić information content (AvgIpc) is 2.83. The number of methoxy groups -OCH3 is 1. The number of aromatic nitrogens is 1. The van der Waals surface area contributed by atoms with Crippen molar-refractivity contribution in [3.8, 4) is 11.5 Å². The van der Waals surface area contributed by atoms with Crippen LogP contribution < -0.4 is 14.4 Å². The molecule has 4 rings (SSSR count). The van der Waals surface area contributed by atoms with Crippen LogP contribution >= 0.6 is 23.2 Å². The van der Waals surface area contributed by atoms with Crippen molar-refractivity contribution in [2.24, 2.45) is 0 Å². The van der Waals surface area contributed by atoms with E-state index in [1.165, 1.54) is 0 Å². The van der Waals surface area contributed by atoms with Crippen molar-refractivity contribution in [3.63, 3.8) is 0 Å². The highest BCUT2D eigenvalue weighted by Crippen LogP contribution is 2.30. The summed E-state index contributed by atoms with van der Waals surface area (Å²) in [7, 11) is 1.56. The fraction of sp³-hybridized carbons (Fsp3) is 0.250. The topological polar surface area (TPSA) is 54.9 Å². The van der Waals surface area contributed by atoms with Crippen LogP contribution in [0.15, 0.2) is 60.8 Å². The number of piperazine rings is 1. The molecule has 1 saturated heterocycles. The van der Waals surface area contributed by atoms with E-state index in [4.69, 9.17) is 32.7 Å². The first-order chi connectivity index (χ1) is 15.6. The van der Waals surface area contributed by atoms with Crippen LogP contribution in [0.4, 0.5) is 5.82 Å². The Kier molecular flexibility index (Phi) is 7.02. The van der Waals surface area contributed by atoms with Crippen molar-refractivity contribution >= 4 is 34.9 Å². The molecule has 0 radical (unpaired) electrons. The Morgan fingerprint density at radius 1 is 0.969 bits per heavy atom. The van der Waals surface area contributed by atoms with E-state index in [2.05, 4.69) is 9.88 Å². The second-order valence-electron chi connectivity index (χ2n) is 7.33. The summed E-state index contributed by atoms with van der Waals surface area (Å²) in [6.07, 6.45) is 1.72. The molecule has 0 bridgehead atoms. The number of hydrogen-bond acceptors (Lipinski definition) is 5. The van der Waals surface area contributed by atoms with E-state index in [0.29, 0.717) is 59.9 Å². The molecular formula is C24H23Cl2N3O3. The number of hydrogen-bond donors (Lipinski definition) is 0. The number of carbonyl (C=O) groups is 1. The number of rotatable bonds is 6. The molecule has 1 aliphatic heterocycles. The van der Waals surface area contributed by atoms with Crippen LogP contribution in [0, 0.1) is 0 Å². The minimum Gasteiger partial charge on any atom is -0.493 e. The highest BCUT2D eigenvalue weighted by Gasteiger charge is 2.24. The first kappa shape index (κ1) is 22.2. The second-order valence-corrected chi connectivity index (χ2v) is 8.15. The van der Waals surface area contributed by atoms with Crippen molar-refractivity contribution in [1.29, 1.82) is 0 Å². The van der Waals surface area contributed by atoms with Gasteiger partial charge < -0.3 is 19.3 Å². The molecular weight excluding hydrogens is 449 g/mol. The molecule has 8 heteroatoms. The van der Waals surface area contributed by atoms with Gasteiger partial charge in [-0.05, 0) is 36.4 Å². The Hall–Kier alpha value is -2.96. The van der Waals surface area contributed by atoms with Gasteiger partial charge in [-0.2, -0.15) is 0 Å². The SMILES string of the molecule is COc1cc(C(=O)N2CCN(c3ncccc3Cl)CC2)ccc1OCc1ccccc1Cl. The molecule has 32 heavy (non-hydrogen) atoms. The lowest BCUT2D eigenvalue weighted by Crippen LogP contribution is -2.49. The number of pyridine rings is 1. The minimum absolute atomic E-state index is 0.0484. The van der Waals surface area contributed by atoms with Crippen LogP contribution in [-0.2, 0) is 6.61 Å². The summed E-state index contributed by atoms with van der Waals surface area (Å²) in [6, 6.07) is 16.4. The van der Waals surface area contributed by atoms with Crippen LogP contribution in [-0.4, -0.2) is 49.1 Å². The normalized spacial score (nSPS) is 13.7. The van der Waals surface area contributed by atoms with Crippen LogP contribution in [0.2, 0.25) is 10.0 Å². The predicted molar refractivity (Wildman–Crippen MR) is 126 cm³/mol. The third-order valence-electron chi connectivity index (χ3n) is 5.36. The standard InChI is InChI=1S/C24H23Cl2N3O3/c1-31-22-15-17(8-9-21(22)32-16-18-5-2-3-6-19(18)25)24(30)29-13-11-28(12-14-29)23-20(26)7-4-10-27-23/h2-10,15H,11-14,16H2,1H3. The molecule has 1 amide bonds. The molecule has 6 nitrogen and oxygen atoms in total. The lowest BCUT2D eigenvalue weighted by molar-refractivity contribution is 0.0746. The van der Waals surface area contributed by atoms with Gasteiger partial charge in [-0.3, -0.25) is 4.79 Å². The van der Waals surface area contributed by atoms with Gasteiger partial charge in [0.15, 0.2) is 11.5 Å². The Balaban J connectivity index is 1.41. The number of benzene rings is 2. The summed E-state index contributed by atoms with van der Waals surface area (Å²) in [6.45, 7) is 2.80. The molecule has 0 aliphatic carbocycles. The predicted octanol–water partition coefficient (Wildman–Crippen LogP) is 4.94. The quantitative estimate of drug-likeness (QED) is 0.509. The van der Waals surface area contributed by atoms with Gasteiger partial charge in [-0.15, -0.1) is 0 Å². The zero-order valence-corrected chi connectivity index (χ0v) is 19.1. The van der Waals surface area contributed by atoms with E-state index >= 15 is 0 Å². The maximum absolute atomic E-state index is 13.1. The van der Waals surface area contributed by atoms with Gasteiger partial charge in [-0.1, -0.05) is 41.4 Å². The summed E-state index contributed by atoms with van der Waals surface area (Å²) in [5.41, 5.74) is 1.43. The maximum Gasteiger partial charge on any atom is 0.254 e. The number of carbonyl (C=O) groups excluding carboxylic acids is 1. The van der Waals surface area contributed by atoms with E-state index in [-0.39, 0.29) is 5.91 Å². The molecule has 1 aromatic heterocycles. The first-order valence-electron chi connectivity index (χ1n) is 10.3. The lowest BCUT2D eigenvalue weighted by Gasteiger charge is -2.35. The molecule has 0 spiro atoms. The van der Waals surface area contributed by atoms with E-state index in [1.54, 1.807) is 37.6 Å². The average molecular weight is 472 g/mol. The van der Waals surface area contributed by atoms with Crippen LogP contribution in [0.25, 0.3) is 0 Å². The van der Waals surface area contributed by atoms with Crippen LogP contribution in [0.5, 0.6) is 11.5 Å². The largest absolute Gasteiger partial charge is 0.493 e. The zero-order chi connectivity index (χ0) is 22.5. The molecule has 0 N–H and O–H groups in total. The van der Waals surface area contributed by atoms with Crippen molar-refractivity contribution in [3.05, 3.63) is 82.0 Å². The smallest absolute Gasteiger partial charge is 0.254 e. The number of nitrogens with zero attached hydrogens (tertiary/aromatic N) is 3. The second kappa shape index (κ2) is 10.1. The molecule has 2 heterocycles. The fourth-order valence-electron chi connectivity index (χ4n) is 3.60. The Labute approximate surface area is 197 Å². The highest BCUT2D eigenvalue weighted by molar-refractivity contribution is 6.33. The molecule has 1 fully saturated rings. The van der Waals surface area contributed by atoms with E-state index < -0.39 is 0 Å². The summed E-state index contributed by atoms with van der Waals surface area (Å²) < 4.78 is 11.4. The third kappa shape index (κ3) is 4.92. The lowest BCUT2D eigenvalue weighted by atomic mass is 10.1. The summed E-state index contributed by atoms with van der Waals surface area (Å²) >= 11 is 12.5. The van der Waals surface area contributed by atoms with Gasteiger partial charge in [0.25, 0.3) is 5.91 Å². The van der Waals surface area contributed by atoms with Gasteiger partial charge >= 0.3 is 0 Å². The maximum atomic E-state index is 13.1. The van der Waals surface area contributed by atoms with E-state index in [1.807, 2.05) is 35.2 Å². The van der Waals surface area contributed by atoms with Gasteiger partial charge in [0.2, 0.25) is 0 Å². The molecule has 1 aliphatic rings. The molecule has 0 saturated carbocycles. The molecule has 3 aromatic rings. The fourth-order valence-corrected chi connectivity index (χ4v) is 4.04. The number of halogens is 2. The van der Waals surface area contributed by atoms with Crippen molar-refractivity contribution in [1.82, 2.24) is 9.88 Å². The third-order valence-corrected chi connectivity index (χ3v) is 6.02. The first-order valence-corrected chi connectivity index (χ1v) is 11.0. The molecule has 2 aromatic carbocycles. The van der Waals surface area contributed by atoms with Gasteiger partial charge in [0.05, 0.1) is 12.1 Å². The van der Waals surface area contributed by atoms with E-state index in [0.717, 1.165) is 11.4 Å². The Bertz CT molecular complexity index is 1100. The van der Waals surface area contributed by atoms with E-state index in [9.17, 15) is 4.79 Å². The van der Waals surface area contributed by atoms with Gasteiger partial charge in [0.1, 0.15) is 12.4 Å². The molecule has 0 atom stereocenters. The molecule has 0 unspecified atom stereocenters. The monoisotopic (exact) mass is 471 g/mol. The Morgan fingerprint density at radius 2 is 1.72 bits per heavy atom. The molecule has 166 valence electrons. The number of amides is 1. The minimum atomic E-state index is -0.0484. The number of ether oxygens (including phenoxy) is 2. The zero-order valence-electron chi connectivity index (χ0n) is 17.6. The number of anilines is 1. The summed E-state index contributed by atoms with van der Waals surface area (Å²) in [5, 5.41) is 1.26. The van der Waals surface area contributed by atoms with Gasteiger partial charge in [0, 0.05) is 48.5 Å². The van der Waals surface area contributed by atoms with Gasteiger partial charge in [-0.25, -0.2) is 4.98 Å². The van der Waals surface area contributed by atoms with Crippen molar-refractivity contribution < 1.29 is 14.3 Å². The summed E-state index contributed by atoms with van der Waals surface area (Å²) in [4.78, 5) is 21.3.